The number of aliphatic hydroxyl groups excluding tert-OH is 1. The molecule has 1 aliphatic heterocycles. The first-order chi connectivity index (χ1) is 8.81. The lowest BCUT2D eigenvalue weighted by atomic mass is 10.3. The zero-order valence-electron chi connectivity index (χ0n) is 10.0. The molecule has 0 bridgehead atoms. The predicted octanol–water partition coefficient (Wildman–Crippen LogP) is 0.954. The fraction of sp³-hybridized carbons (Fsp3) is 0.462. The zero-order valence-corrected chi connectivity index (χ0v) is 10.8. The number of thiophene rings is 1. The van der Waals surface area contributed by atoms with Crippen molar-refractivity contribution in [3.05, 3.63) is 21.9 Å². The molecule has 1 aromatic rings. The van der Waals surface area contributed by atoms with E-state index >= 15 is 0 Å². The number of amides is 1. The minimum atomic E-state index is -0.162. The topological polar surface area (TPSA) is 49.8 Å². The highest BCUT2D eigenvalue weighted by molar-refractivity contribution is 7.14. The van der Waals surface area contributed by atoms with E-state index in [2.05, 4.69) is 11.8 Å². The molecule has 5 heteroatoms. The standard InChI is InChI=1S/C13H15NO3S/c15-8-1-3-11-4-5-12(18-11)13(16)14-6-2-9-17-10-7-14/h4-5,15H,2,6-10H2. The number of rotatable bonds is 1. The minimum Gasteiger partial charge on any atom is -0.384 e. The average Bonchev–Trinajstić information content (AvgIpc) is 2.69. The Labute approximate surface area is 110 Å². The van der Waals surface area contributed by atoms with Crippen molar-refractivity contribution in [1.29, 1.82) is 0 Å². The molecule has 1 saturated heterocycles. The molecule has 1 N–H and O–H groups in total. The van der Waals surface area contributed by atoms with Crippen molar-refractivity contribution in [1.82, 2.24) is 4.90 Å². The number of hydrogen-bond acceptors (Lipinski definition) is 4. The summed E-state index contributed by atoms with van der Waals surface area (Å²) in [5.41, 5.74) is 0. The van der Waals surface area contributed by atoms with E-state index in [0.29, 0.717) is 18.0 Å². The van der Waals surface area contributed by atoms with Crippen LogP contribution in [0.15, 0.2) is 12.1 Å². The molecule has 18 heavy (non-hydrogen) atoms. The smallest absolute Gasteiger partial charge is 0.264 e. The number of ether oxygens (including phenoxy) is 1. The van der Waals surface area contributed by atoms with Crippen LogP contribution in [0.3, 0.4) is 0 Å². The summed E-state index contributed by atoms with van der Waals surface area (Å²) in [7, 11) is 0. The molecule has 0 aromatic carbocycles. The van der Waals surface area contributed by atoms with Crippen LogP contribution < -0.4 is 0 Å². The highest BCUT2D eigenvalue weighted by Gasteiger charge is 2.18. The normalized spacial score (nSPS) is 15.7. The third-order valence-electron chi connectivity index (χ3n) is 2.62. The largest absolute Gasteiger partial charge is 0.384 e. The minimum absolute atomic E-state index is 0.0440. The van der Waals surface area contributed by atoms with Crippen LogP contribution >= 0.6 is 11.3 Å². The molecule has 0 saturated carbocycles. The van der Waals surface area contributed by atoms with Crippen molar-refractivity contribution in [3.8, 4) is 11.8 Å². The summed E-state index contributed by atoms with van der Waals surface area (Å²) in [5, 5.41) is 8.62. The van der Waals surface area contributed by atoms with Gasteiger partial charge in [-0.2, -0.15) is 0 Å². The molecular weight excluding hydrogens is 250 g/mol. The molecule has 4 nitrogen and oxygen atoms in total. The first-order valence-electron chi connectivity index (χ1n) is 5.88. The zero-order chi connectivity index (χ0) is 12.8. The molecule has 1 amide bonds. The summed E-state index contributed by atoms with van der Waals surface area (Å²) < 4.78 is 5.33. The van der Waals surface area contributed by atoms with Gasteiger partial charge in [-0.15, -0.1) is 11.3 Å². The van der Waals surface area contributed by atoms with Crippen LogP contribution in [0.2, 0.25) is 0 Å². The fourth-order valence-corrected chi connectivity index (χ4v) is 2.60. The lowest BCUT2D eigenvalue weighted by Crippen LogP contribution is -2.32. The molecule has 0 unspecified atom stereocenters. The van der Waals surface area contributed by atoms with Crippen molar-refractivity contribution < 1.29 is 14.6 Å². The molecule has 1 aromatic heterocycles. The van der Waals surface area contributed by atoms with E-state index in [4.69, 9.17) is 9.84 Å². The monoisotopic (exact) mass is 265 g/mol. The van der Waals surface area contributed by atoms with Crippen molar-refractivity contribution in [2.45, 2.75) is 6.42 Å². The predicted molar refractivity (Wildman–Crippen MR) is 69.6 cm³/mol. The van der Waals surface area contributed by atoms with Gasteiger partial charge in [0.05, 0.1) is 16.4 Å². The lowest BCUT2D eigenvalue weighted by Gasteiger charge is -2.18. The average molecular weight is 265 g/mol. The Hall–Kier alpha value is -1.35. The van der Waals surface area contributed by atoms with Gasteiger partial charge in [0, 0.05) is 19.7 Å². The van der Waals surface area contributed by atoms with E-state index < -0.39 is 0 Å². The summed E-state index contributed by atoms with van der Waals surface area (Å²) >= 11 is 1.36. The van der Waals surface area contributed by atoms with Crippen molar-refractivity contribution in [3.63, 3.8) is 0 Å². The van der Waals surface area contributed by atoms with Crippen LogP contribution in [-0.2, 0) is 4.74 Å². The van der Waals surface area contributed by atoms with Crippen LogP contribution in [0, 0.1) is 11.8 Å². The van der Waals surface area contributed by atoms with Gasteiger partial charge in [-0.05, 0) is 18.6 Å². The van der Waals surface area contributed by atoms with E-state index in [1.807, 2.05) is 11.0 Å². The first kappa shape index (κ1) is 13.1. The molecular formula is C13H15NO3S. The van der Waals surface area contributed by atoms with Crippen molar-refractivity contribution in [2.24, 2.45) is 0 Å². The van der Waals surface area contributed by atoms with E-state index in [0.717, 1.165) is 24.4 Å². The van der Waals surface area contributed by atoms with Crippen LogP contribution in [0.25, 0.3) is 0 Å². The van der Waals surface area contributed by atoms with E-state index in [1.54, 1.807) is 6.07 Å². The number of nitrogens with zero attached hydrogens (tertiary/aromatic N) is 1. The molecule has 96 valence electrons. The van der Waals surface area contributed by atoms with Gasteiger partial charge in [-0.3, -0.25) is 4.79 Å². The molecule has 0 radical (unpaired) electrons. The highest BCUT2D eigenvalue weighted by atomic mass is 32.1. The Bertz CT molecular complexity index is 464. The second-order valence-corrected chi connectivity index (χ2v) is 4.97. The summed E-state index contributed by atoms with van der Waals surface area (Å²) in [4.78, 5) is 15.5. The number of aliphatic hydroxyl groups is 1. The molecule has 0 aliphatic carbocycles. The van der Waals surface area contributed by atoms with Gasteiger partial charge in [-0.25, -0.2) is 0 Å². The van der Waals surface area contributed by atoms with Gasteiger partial charge in [0.25, 0.3) is 5.91 Å². The molecule has 0 atom stereocenters. The molecule has 1 fully saturated rings. The van der Waals surface area contributed by atoms with Gasteiger partial charge < -0.3 is 14.7 Å². The van der Waals surface area contributed by atoms with Gasteiger partial charge >= 0.3 is 0 Å². The number of carbonyl (C=O) groups is 1. The highest BCUT2D eigenvalue weighted by Crippen LogP contribution is 2.18. The summed E-state index contributed by atoms with van der Waals surface area (Å²) in [6.07, 6.45) is 0.883. The fourth-order valence-electron chi connectivity index (χ4n) is 1.75. The third kappa shape index (κ3) is 3.33. The second-order valence-electron chi connectivity index (χ2n) is 3.88. The van der Waals surface area contributed by atoms with Crippen LogP contribution in [-0.4, -0.2) is 48.8 Å². The SMILES string of the molecule is O=C(c1ccc(C#CCO)s1)N1CCCOCC1. The van der Waals surface area contributed by atoms with Gasteiger partial charge in [-0.1, -0.05) is 11.8 Å². The van der Waals surface area contributed by atoms with Gasteiger partial charge in [0.1, 0.15) is 6.61 Å². The molecule has 0 spiro atoms. The summed E-state index contributed by atoms with van der Waals surface area (Å²) in [6, 6.07) is 3.61. The maximum Gasteiger partial charge on any atom is 0.264 e. The maximum atomic E-state index is 12.2. The molecule has 2 heterocycles. The number of hydrogen-bond donors (Lipinski definition) is 1. The molecule has 1 aliphatic rings. The van der Waals surface area contributed by atoms with Crippen molar-refractivity contribution in [2.75, 3.05) is 32.9 Å². The summed E-state index contributed by atoms with van der Waals surface area (Å²) in [5.74, 6) is 5.43. The summed E-state index contributed by atoms with van der Waals surface area (Å²) in [6.45, 7) is 2.56. The Morgan fingerprint density at radius 2 is 2.33 bits per heavy atom. The van der Waals surface area contributed by atoms with Crippen molar-refractivity contribution >= 4 is 17.2 Å². The number of carbonyl (C=O) groups excluding carboxylic acids is 1. The first-order valence-corrected chi connectivity index (χ1v) is 6.69. The van der Waals surface area contributed by atoms with Crippen LogP contribution in [0.1, 0.15) is 21.0 Å². The Morgan fingerprint density at radius 3 is 3.17 bits per heavy atom. The quantitative estimate of drug-likeness (QED) is 0.769. The van der Waals surface area contributed by atoms with Crippen LogP contribution in [0.4, 0.5) is 0 Å². The van der Waals surface area contributed by atoms with E-state index in [-0.39, 0.29) is 12.5 Å². The Kier molecular flexibility index (Phi) is 4.76. The van der Waals surface area contributed by atoms with E-state index in [1.165, 1.54) is 11.3 Å². The van der Waals surface area contributed by atoms with Gasteiger partial charge in [0.15, 0.2) is 0 Å². The Morgan fingerprint density at radius 1 is 1.44 bits per heavy atom. The van der Waals surface area contributed by atoms with Crippen LogP contribution in [0.5, 0.6) is 0 Å². The van der Waals surface area contributed by atoms with E-state index in [9.17, 15) is 4.79 Å². The van der Waals surface area contributed by atoms with Gasteiger partial charge in [0.2, 0.25) is 0 Å². The maximum absolute atomic E-state index is 12.2. The Balaban J connectivity index is 2.05. The molecule has 2 rings (SSSR count). The lowest BCUT2D eigenvalue weighted by molar-refractivity contribution is 0.0746. The third-order valence-corrected chi connectivity index (χ3v) is 3.61. The second kappa shape index (κ2) is 6.55.